The zero-order chi connectivity index (χ0) is 13.8. The number of halogens is 1. The topological polar surface area (TPSA) is 43.1 Å². The molecule has 2 nitrogen and oxygen atoms in total. The highest BCUT2D eigenvalue weighted by Crippen LogP contribution is 2.23. The van der Waals surface area contributed by atoms with E-state index in [0.717, 1.165) is 24.0 Å². The summed E-state index contributed by atoms with van der Waals surface area (Å²) >= 11 is 5.86. The van der Waals surface area contributed by atoms with Crippen LogP contribution in [0.1, 0.15) is 34.8 Å². The molecule has 0 saturated heterocycles. The molecule has 0 aliphatic heterocycles. The van der Waals surface area contributed by atoms with E-state index in [9.17, 15) is 4.79 Å². The summed E-state index contributed by atoms with van der Waals surface area (Å²) in [7, 11) is 0. The molecule has 0 fully saturated rings. The van der Waals surface area contributed by atoms with Crippen molar-refractivity contribution in [3.8, 4) is 0 Å². The second kappa shape index (κ2) is 5.89. The largest absolute Gasteiger partial charge is 0.398 e. The summed E-state index contributed by atoms with van der Waals surface area (Å²) in [6, 6.07) is 12.6. The number of aryl methyl sites for hydroxylation is 1. The minimum absolute atomic E-state index is 0.0433. The molecule has 0 saturated carbocycles. The molecule has 0 aliphatic carbocycles. The Hall–Kier alpha value is -1.80. The fraction of sp³-hybridized carbons (Fsp3) is 0.188. The summed E-state index contributed by atoms with van der Waals surface area (Å²) in [6.45, 7) is 2.10. The highest BCUT2D eigenvalue weighted by Gasteiger charge is 2.15. The fourth-order valence-corrected chi connectivity index (χ4v) is 2.30. The molecule has 2 N–H and O–H groups in total. The van der Waals surface area contributed by atoms with Gasteiger partial charge in [-0.1, -0.05) is 49.2 Å². The maximum Gasteiger partial charge on any atom is 0.195 e. The van der Waals surface area contributed by atoms with Crippen LogP contribution in [0.2, 0.25) is 5.02 Å². The van der Waals surface area contributed by atoms with Gasteiger partial charge in [-0.25, -0.2) is 0 Å². The predicted octanol–water partition coefficient (Wildman–Crippen LogP) is 4.11. The molecule has 98 valence electrons. The smallest absolute Gasteiger partial charge is 0.195 e. The Bertz CT molecular complexity index is 607. The molecular weight excluding hydrogens is 258 g/mol. The van der Waals surface area contributed by atoms with Gasteiger partial charge in [0.2, 0.25) is 0 Å². The lowest BCUT2D eigenvalue weighted by atomic mass is 9.95. The molecule has 2 aromatic carbocycles. The van der Waals surface area contributed by atoms with Gasteiger partial charge in [0.25, 0.3) is 0 Å². The number of nitrogen functional groups attached to an aromatic ring is 1. The van der Waals surface area contributed by atoms with Crippen LogP contribution in [0, 0.1) is 0 Å². The van der Waals surface area contributed by atoms with Crippen molar-refractivity contribution in [2.75, 3.05) is 5.73 Å². The predicted molar refractivity (Wildman–Crippen MR) is 79.7 cm³/mol. The third-order valence-electron chi connectivity index (χ3n) is 3.04. The molecule has 0 spiro atoms. The Morgan fingerprint density at radius 3 is 2.58 bits per heavy atom. The third kappa shape index (κ3) is 2.96. The SMILES string of the molecule is CCCc1ccccc1C(=O)c1ccc(Cl)cc1N. The van der Waals surface area contributed by atoms with Crippen LogP contribution >= 0.6 is 11.6 Å². The van der Waals surface area contributed by atoms with Gasteiger partial charge in [0.15, 0.2) is 5.78 Å². The molecule has 0 atom stereocenters. The van der Waals surface area contributed by atoms with E-state index in [2.05, 4.69) is 6.92 Å². The molecule has 0 aromatic heterocycles. The van der Waals surface area contributed by atoms with E-state index in [1.165, 1.54) is 0 Å². The highest BCUT2D eigenvalue weighted by molar-refractivity contribution is 6.31. The number of nitrogens with two attached hydrogens (primary N) is 1. The molecule has 19 heavy (non-hydrogen) atoms. The van der Waals surface area contributed by atoms with Gasteiger partial charge in [0, 0.05) is 21.8 Å². The summed E-state index contributed by atoms with van der Waals surface area (Å²) in [6.07, 6.45) is 1.88. The van der Waals surface area contributed by atoms with Gasteiger partial charge in [-0.2, -0.15) is 0 Å². The molecule has 0 unspecified atom stereocenters. The Labute approximate surface area is 118 Å². The maximum absolute atomic E-state index is 12.6. The average Bonchev–Trinajstić information content (AvgIpc) is 2.39. The third-order valence-corrected chi connectivity index (χ3v) is 3.27. The van der Waals surface area contributed by atoms with E-state index in [0.29, 0.717) is 16.3 Å². The van der Waals surface area contributed by atoms with Crippen LogP contribution in [-0.4, -0.2) is 5.78 Å². The van der Waals surface area contributed by atoms with Crippen LogP contribution < -0.4 is 5.73 Å². The zero-order valence-electron chi connectivity index (χ0n) is 10.8. The Kier molecular flexibility index (Phi) is 4.23. The molecule has 0 amide bonds. The van der Waals surface area contributed by atoms with Crippen molar-refractivity contribution < 1.29 is 4.79 Å². The summed E-state index contributed by atoms with van der Waals surface area (Å²) in [5, 5.41) is 0.538. The first-order valence-electron chi connectivity index (χ1n) is 6.31. The number of hydrogen-bond acceptors (Lipinski definition) is 2. The van der Waals surface area contributed by atoms with Gasteiger partial charge in [-0.15, -0.1) is 0 Å². The number of anilines is 1. The Morgan fingerprint density at radius 2 is 1.89 bits per heavy atom. The lowest BCUT2D eigenvalue weighted by Crippen LogP contribution is -2.08. The van der Waals surface area contributed by atoms with Crippen LogP contribution in [0.25, 0.3) is 0 Å². The van der Waals surface area contributed by atoms with Crippen molar-refractivity contribution in [2.45, 2.75) is 19.8 Å². The van der Waals surface area contributed by atoms with E-state index in [1.807, 2.05) is 24.3 Å². The molecule has 0 bridgehead atoms. The van der Waals surface area contributed by atoms with E-state index in [1.54, 1.807) is 18.2 Å². The normalized spacial score (nSPS) is 10.4. The molecule has 2 aromatic rings. The van der Waals surface area contributed by atoms with Crippen LogP contribution in [0.5, 0.6) is 0 Å². The van der Waals surface area contributed by atoms with Gasteiger partial charge < -0.3 is 5.73 Å². The number of rotatable bonds is 4. The van der Waals surface area contributed by atoms with Crippen LogP contribution in [0.15, 0.2) is 42.5 Å². The van der Waals surface area contributed by atoms with Crippen molar-refractivity contribution in [2.24, 2.45) is 0 Å². The number of carbonyl (C=O) groups is 1. The number of carbonyl (C=O) groups excluding carboxylic acids is 1. The first-order valence-corrected chi connectivity index (χ1v) is 6.69. The van der Waals surface area contributed by atoms with Crippen molar-refractivity contribution in [3.05, 3.63) is 64.2 Å². The summed E-state index contributed by atoms with van der Waals surface area (Å²) in [4.78, 5) is 12.6. The monoisotopic (exact) mass is 273 g/mol. The van der Waals surface area contributed by atoms with Crippen molar-refractivity contribution in [1.29, 1.82) is 0 Å². The summed E-state index contributed by atoms with van der Waals surface area (Å²) in [5.74, 6) is -0.0433. The molecule has 0 heterocycles. The van der Waals surface area contributed by atoms with Gasteiger partial charge in [0.05, 0.1) is 0 Å². The van der Waals surface area contributed by atoms with Crippen molar-refractivity contribution in [1.82, 2.24) is 0 Å². The Balaban J connectivity index is 2.44. The van der Waals surface area contributed by atoms with Gasteiger partial charge >= 0.3 is 0 Å². The number of benzene rings is 2. The molecule has 0 radical (unpaired) electrons. The second-order valence-electron chi connectivity index (χ2n) is 4.47. The second-order valence-corrected chi connectivity index (χ2v) is 4.90. The van der Waals surface area contributed by atoms with E-state index in [4.69, 9.17) is 17.3 Å². The highest BCUT2D eigenvalue weighted by atomic mass is 35.5. The first-order chi connectivity index (χ1) is 9.13. The van der Waals surface area contributed by atoms with Crippen LogP contribution in [-0.2, 0) is 6.42 Å². The molecule has 3 heteroatoms. The first kappa shape index (κ1) is 13.6. The maximum atomic E-state index is 12.6. The van der Waals surface area contributed by atoms with Crippen LogP contribution in [0.3, 0.4) is 0 Å². The quantitative estimate of drug-likeness (QED) is 0.673. The zero-order valence-corrected chi connectivity index (χ0v) is 11.6. The lowest BCUT2D eigenvalue weighted by Gasteiger charge is -2.09. The van der Waals surface area contributed by atoms with Gasteiger partial charge in [-0.05, 0) is 30.2 Å². The van der Waals surface area contributed by atoms with Crippen LogP contribution in [0.4, 0.5) is 5.69 Å². The number of hydrogen-bond donors (Lipinski definition) is 1. The van der Waals surface area contributed by atoms with E-state index in [-0.39, 0.29) is 5.78 Å². The van der Waals surface area contributed by atoms with Crippen molar-refractivity contribution in [3.63, 3.8) is 0 Å². The summed E-state index contributed by atoms with van der Waals surface area (Å²) < 4.78 is 0. The molecule has 2 rings (SSSR count). The number of ketones is 1. The average molecular weight is 274 g/mol. The molecular formula is C16H16ClNO. The molecule has 0 aliphatic rings. The fourth-order valence-electron chi connectivity index (χ4n) is 2.11. The summed E-state index contributed by atoms with van der Waals surface area (Å²) in [5.41, 5.74) is 8.59. The lowest BCUT2D eigenvalue weighted by molar-refractivity contribution is 0.103. The van der Waals surface area contributed by atoms with Gasteiger partial charge in [-0.3, -0.25) is 4.79 Å². The van der Waals surface area contributed by atoms with Gasteiger partial charge in [0.1, 0.15) is 0 Å². The van der Waals surface area contributed by atoms with E-state index < -0.39 is 0 Å². The van der Waals surface area contributed by atoms with E-state index >= 15 is 0 Å². The standard InChI is InChI=1S/C16H16ClNO/c1-2-5-11-6-3-4-7-13(11)16(19)14-9-8-12(17)10-15(14)18/h3-4,6-10H,2,5,18H2,1H3. The Morgan fingerprint density at radius 1 is 1.16 bits per heavy atom. The minimum Gasteiger partial charge on any atom is -0.398 e. The van der Waals surface area contributed by atoms with Crippen molar-refractivity contribution >= 4 is 23.1 Å². The minimum atomic E-state index is -0.0433.